The van der Waals surface area contributed by atoms with E-state index in [2.05, 4.69) is 15.6 Å². The number of nitrogens with one attached hydrogen (secondary N) is 2. The number of hydrogen-bond acceptors (Lipinski definition) is 1. The minimum Gasteiger partial charge on any atom is -0.356 e. The van der Waals surface area contributed by atoms with E-state index < -0.39 is 11.6 Å². The van der Waals surface area contributed by atoms with E-state index in [0.29, 0.717) is 30.9 Å². The maximum atomic E-state index is 13.8. The summed E-state index contributed by atoms with van der Waals surface area (Å²) in [5.41, 5.74) is 0.755. The van der Waals surface area contributed by atoms with Crippen LogP contribution in [-0.4, -0.2) is 25.6 Å². The molecule has 1 aliphatic carbocycles. The summed E-state index contributed by atoms with van der Waals surface area (Å²) in [4.78, 5) is 4.11. The molecule has 2 aromatic rings. The Balaban J connectivity index is 0.00000243. The van der Waals surface area contributed by atoms with Crippen LogP contribution in [0.15, 0.2) is 47.5 Å². The summed E-state index contributed by atoms with van der Waals surface area (Å²) in [6, 6.07) is 10.5. The number of hydrogen-bond donors (Lipinski definition) is 2. The smallest absolute Gasteiger partial charge is 0.191 e. The van der Waals surface area contributed by atoms with Gasteiger partial charge in [-0.25, -0.2) is 13.2 Å². The van der Waals surface area contributed by atoms with Crippen molar-refractivity contribution in [2.24, 2.45) is 4.99 Å². The summed E-state index contributed by atoms with van der Waals surface area (Å²) in [5, 5.41) is 6.26. The number of nitrogens with zero attached hydrogens (tertiary/aromatic N) is 1. The van der Waals surface area contributed by atoms with E-state index in [0.717, 1.165) is 0 Å². The van der Waals surface area contributed by atoms with Gasteiger partial charge in [0.2, 0.25) is 0 Å². The molecular formula is C19H21F3IN3. The van der Waals surface area contributed by atoms with Gasteiger partial charge in [0, 0.05) is 31.1 Å². The monoisotopic (exact) mass is 475 g/mol. The molecule has 2 unspecified atom stereocenters. The molecule has 2 N–H and O–H groups in total. The lowest BCUT2D eigenvalue weighted by Crippen LogP contribution is -2.40. The maximum absolute atomic E-state index is 13.8. The van der Waals surface area contributed by atoms with E-state index in [-0.39, 0.29) is 47.3 Å². The summed E-state index contributed by atoms with van der Waals surface area (Å²) >= 11 is 0. The van der Waals surface area contributed by atoms with Crippen LogP contribution in [0.25, 0.3) is 0 Å². The highest BCUT2D eigenvalue weighted by molar-refractivity contribution is 14.0. The summed E-state index contributed by atoms with van der Waals surface area (Å²) < 4.78 is 41.2. The summed E-state index contributed by atoms with van der Waals surface area (Å²) in [6.07, 6.45) is 1.16. The summed E-state index contributed by atoms with van der Waals surface area (Å²) in [7, 11) is 1.62. The fraction of sp³-hybridized carbons (Fsp3) is 0.316. The summed E-state index contributed by atoms with van der Waals surface area (Å²) in [5.74, 6) is -0.926. The fourth-order valence-electron chi connectivity index (χ4n) is 2.93. The molecule has 0 amide bonds. The van der Waals surface area contributed by atoms with Crippen molar-refractivity contribution in [3.8, 4) is 0 Å². The SMILES string of the molecule is CN=C(NCCc1ccccc1F)NC1CC1c1c(F)cccc1F.I. The van der Waals surface area contributed by atoms with Crippen molar-refractivity contribution < 1.29 is 13.2 Å². The number of halogens is 4. The molecule has 0 aromatic heterocycles. The highest BCUT2D eigenvalue weighted by Crippen LogP contribution is 2.42. The standard InChI is InChI=1S/C19H20F3N3.HI/c1-23-19(24-10-9-12-5-2-3-6-14(12)20)25-17-11-13(17)18-15(21)7-4-8-16(18)22;/h2-8,13,17H,9-11H2,1H3,(H2,23,24,25);1H. The molecule has 0 saturated heterocycles. The Bertz CT molecular complexity index is 762. The van der Waals surface area contributed by atoms with E-state index in [9.17, 15) is 13.2 Å². The predicted octanol–water partition coefficient (Wildman–Crippen LogP) is 3.99. The van der Waals surface area contributed by atoms with Gasteiger partial charge in [0.15, 0.2) is 5.96 Å². The Kier molecular flexibility index (Phi) is 7.31. The van der Waals surface area contributed by atoms with Crippen LogP contribution in [0.4, 0.5) is 13.2 Å². The van der Waals surface area contributed by atoms with Crippen LogP contribution in [0, 0.1) is 17.5 Å². The zero-order chi connectivity index (χ0) is 17.8. The lowest BCUT2D eigenvalue weighted by Gasteiger charge is -2.12. The second-order valence-electron chi connectivity index (χ2n) is 6.07. The molecule has 3 rings (SSSR count). The Morgan fingerprint density at radius 2 is 1.69 bits per heavy atom. The molecular weight excluding hydrogens is 454 g/mol. The predicted molar refractivity (Wildman–Crippen MR) is 108 cm³/mol. The normalized spacial score (nSPS) is 18.8. The zero-order valence-corrected chi connectivity index (χ0v) is 16.6. The van der Waals surface area contributed by atoms with E-state index in [1.54, 1.807) is 25.2 Å². The van der Waals surface area contributed by atoms with Gasteiger partial charge in [-0.15, -0.1) is 24.0 Å². The van der Waals surface area contributed by atoms with E-state index >= 15 is 0 Å². The van der Waals surface area contributed by atoms with Gasteiger partial charge < -0.3 is 10.6 Å². The topological polar surface area (TPSA) is 36.4 Å². The third-order valence-electron chi connectivity index (χ3n) is 4.35. The molecule has 1 aliphatic rings. The second-order valence-corrected chi connectivity index (χ2v) is 6.07. The average Bonchev–Trinajstić information content (AvgIpc) is 3.34. The van der Waals surface area contributed by atoms with Crippen LogP contribution in [0.5, 0.6) is 0 Å². The third kappa shape index (κ3) is 4.90. The fourth-order valence-corrected chi connectivity index (χ4v) is 2.93. The van der Waals surface area contributed by atoms with Crippen molar-refractivity contribution >= 4 is 29.9 Å². The highest BCUT2D eigenvalue weighted by Gasteiger charge is 2.42. The van der Waals surface area contributed by atoms with Crippen molar-refractivity contribution in [2.75, 3.05) is 13.6 Å². The van der Waals surface area contributed by atoms with Gasteiger partial charge in [-0.3, -0.25) is 4.99 Å². The molecule has 26 heavy (non-hydrogen) atoms. The highest BCUT2D eigenvalue weighted by atomic mass is 127. The third-order valence-corrected chi connectivity index (χ3v) is 4.35. The maximum Gasteiger partial charge on any atom is 0.191 e. The Morgan fingerprint density at radius 3 is 2.35 bits per heavy atom. The van der Waals surface area contributed by atoms with Crippen molar-refractivity contribution in [1.82, 2.24) is 10.6 Å². The van der Waals surface area contributed by atoms with Crippen molar-refractivity contribution in [3.05, 3.63) is 71.0 Å². The lowest BCUT2D eigenvalue weighted by molar-refractivity contribution is 0.553. The second kappa shape index (κ2) is 9.25. The number of benzene rings is 2. The van der Waals surface area contributed by atoms with E-state index in [1.165, 1.54) is 24.3 Å². The minimum atomic E-state index is -0.517. The first-order valence-electron chi connectivity index (χ1n) is 8.24. The largest absolute Gasteiger partial charge is 0.356 e. The minimum absolute atomic E-state index is 0. The Labute approximate surface area is 168 Å². The van der Waals surface area contributed by atoms with Gasteiger partial charge in [-0.05, 0) is 36.6 Å². The molecule has 1 saturated carbocycles. The molecule has 2 aromatic carbocycles. The molecule has 0 bridgehead atoms. The van der Waals surface area contributed by atoms with Gasteiger partial charge in [-0.1, -0.05) is 24.3 Å². The van der Waals surface area contributed by atoms with Crippen LogP contribution in [0.3, 0.4) is 0 Å². The average molecular weight is 475 g/mol. The van der Waals surface area contributed by atoms with Gasteiger partial charge in [0.25, 0.3) is 0 Å². The molecule has 0 radical (unpaired) electrons. The Hall–Kier alpha value is -1.77. The quantitative estimate of drug-likeness (QED) is 0.390. The zero-order valence-electron chi connectivity index (χ0n) is 14.3. The van der Waals surface area contributed by atoms with Gasteiger partial charge in [0.05, 0.1) is 0 Å². The molecule has 0 aliphatic heterocycles. The van der Waals surface area contributed by atoms with Crippen molar-refractivity contribution in [1.29, 1.82) is 0 Å². The van der Waals surface area contributed by atoms with Crippen LogP contribution >= 0.6 is 24.0 Å². The molecule has 3 nitrogen and oxygen atoms in total. The number of aliphatic imine (C=N–C) groups is 1. The summed E-state index contributed by atoms with van der Waals surface area (Å²) in [6.45, 7) is 0.506. The molecule has 0 heterocycles. The van der Waals surface area contributed by atoms with Crippen LogP contribution in [0.2, 0.25) is 0 Å². The number of guanidine groups is 1. The van der Waals surface area contributed by atoms with Gasteiger partial charge in [0.1, 0.15) is 17.5 Å². The van der Waals surface area contributed by atoms with E-state index in [4.69, 9.17) is 0 Å². The van der Waals surface area contributed by atoms with E-state index in [1.807, 2.05) is 0 Å². The van der Waals surface area contributed by atoms with Crippen molar-refractivity contribution in [3.63, 3.8) is 0 Å². The molecule has 7 heteroatoms. The molecule has 2 atom stereocenters. The first-order valence-corrected chi connectivity index (χ1v) is 8.24. The lowest BCUT2D eigenvalue weighted by atomic mass is 10.1. The molecule has 1 fully saturated rings. The van der Waals surface area contributed by atoms with Gasteiger partial charge in [-0.2, -0.15) is 0 Å². The Morgan fingerprint density at radius 1 is 1.04 bits per heavy atom. The number of rotatable bonds is 5. The first-order chi connectivity index (χ1) is 12.1. The van der Waals surface area contributed by atoms with Crippen LogP contribution < -0.4 is 10.6 Å². The van der Waals surface area contributed by atoms with Gasteiger partial charge >= 0.3 is 0 Å². The van der Waals surface area contributed by atoms with Crippen molar-refractivity contribution in [2.45, 2.75) is 24.8 Å². The van der Waals surface area contributed by atoms with Crippen LogP contribution in [0.1, 0.15) is 23.5 Å². The first kappa shape index (κ1) is 20.5. The molecule has 0 spiro atoms. The van der Waals surface area contributed by atoms with Crippen LogP contribution in [-0.2, 0) is 6.42 Å². The molecule has 140 valence electrons.